The molecule has 0 saturated heterocycles. The van der Waals surface area contributed by atoms with Crippen LogP contribution in [0.1, 0.15) is 0 Å². The van der Waals surface area contributed by atoms with E-state index in [2.05, 4.69) is 16.8 Å². The summed E-state index contributed by atoms with van der Waals surface area (Å²) in [6.45, 7) is 0. The molecule has 92 valence electrons. The van der Waals surface area contributed by atoms with E-state index in [9.17, 15) is 8.42 Å². The molecule has 1 aromatic heterocycles. The zero-order valence-electron chi connectivity index (χ0n) is 8.95. The van der Waals surface area contributed by atoms with Gasteiger partial charge in [0.05, 0.1) is 7.11 Å². The Bertz CT molecular complexity index is 634. The van der Waals surface area contributed by atoms with Crippen molar-refractivity contribution in [3.05, 3.63) is 35.7 Å². The molecule has 3 nitrogen and oxygen atoms in total. The van der Waals surface area contributed by atoms with Crippen molar-refractivity contribution in [2.45, 2.75) is 9.79 Å². The van der Waals surface area contributed by atoms with Crippen LogP contribution in [0.3, 0.4) is 0 Å². The SMILES string of the molecule is COS(=O)(=O)c1csc(-c2ccccc2S)c1.[NaH]. The molecule has 0 bridgehead atoms. The Balaban J connectivity index is 0.00000162. The van der Waals surface area contributed by atoms with Gasteiger partial charge in [-0.15, -0.1) is 24.0 Å². The molecule has 0 amide bonds. The van der Waals surface area contributed by atoms with Crippen LogP contribution >= 0.6 is 24.0 Å². The van der Waals surface area contributed by atoms with Crippen molar-refractivity contribution in [2.24, 2.45) is 0 Å². The van der Waals surface area contributed by atoms with Gasteiger partial charge in [0.1, 0.15) is 4.90 Å². The number of thiophene rings is 1. The van der Waals surface area contributed by atoms with Crippen molar-refractivity contribution < 1.29 is 12.6 Å². The van der Waals surface area contributed by atoms with E-state index >= 15 is 0 Å². The number of hydrogen-bond acceptors (Lipinski definition) is 5. The molecule has 0 N–H and O–H groups in total. The summed E-state index contributed by atoms with van der Waals surface area (Å²) >= 11 is 5.69. The normalized spacial score (nSPS) is 11.0. The molecule has 1 aromatic carbocycles. The Morgan fingerprint density at radius 1 is 1.28 bits per heavy atom. The van der Waals surface area contributed by atoms with Crippen molar-refractivity contribution in [2.75, 3.05) is 7.11 Å². The van der Waals surface area contributed by atoms with E-state index < -0.39 is 10.1 Å². The van der Waals surface area contributed by atoms with Crippen LogP contribution in [0.25, 0.3) is 10.4 Å². The molecule has 0 unspecified atom stereocenters. The molecule has 2 rings (SSSR count). The molecule has 0 saturated carbocycles. The summed E-state index contributed by atoms with van der Waals surface area (Å²) < 4.78 is 27.5. The Kier molecular flexibility index (Phi) is 5.92. The Morgan fingerprint density at radius 2 is 1.94 bits per heavy atom. The first-order valence-electron chi connectivity index (χ1n) is 4.72. The third kappa shape index (κ3) is 3.39. The minimum absolute atomic E-state index is 0. The fraction of sp³-hybridized carbons (Fsp3) is 0.0909. The van der Waals surface area contributed by atoms with Gasteiger partial charge < -0.3 is 0 Å². The van der Waals surface area contributed by atoms with Crippen LogP contribution in [0.5, 0.6) is 0 Å². The van der Waals surface area contributed by atoms with E-state index in [-0.39, 0.29) is 34.5 Å². The number of rotatable bonds is 3. The summed E-state index contributed by atoms with van der Waals surface area (Å²) in [7, 11) is -2.46. The molecule has 0 radical (unpaired) electrons. The van der Waals surface area contributed by atoms with E-state index in [4.69, 9.17) is 0 Å². The molecule has 2 aromatic rings. The molecule has 0 fully saturated rings. The second kappa shape index (κ2) is 6.56. The molecule has 0 aliphatic heterocycles. The Labute approximate surface area is 138 Å². The van der Waals surface area contributed by atoms with Crippen LogP contribution in [0.2, 0.25) is 0 Å². The Hall–Kier alpha value is 0.180. The second-order valence-corrected chi connectivity index (χ2v) is 6.39. The van der Waals surface area contributed by atoms with Gasteiger partial charge in [0, 0.05) is 20.7 Å². The molecule has 1 heterocycles. The molecule has 0 spiro atoms. The van der Waals surface area contributed by atoms with Crippen LogP contribution < -0.4 is 0 Å². The molecule has 0 aliphatic carbocycles. The molecule has 7 heteroatoms. The van der Waals surface area contributed by atoms with E-state index in [0.717, 1.165) is 22.4 Å². The summed E-state index contributed by atoms with van der Waals surface area (Å²) in [4.78, 5) is 1.85. The van der Waals surface area contributed by atoms with E-state index in [1.807, 2.05) is 24.3 Å². The molecular formula is C11H11NaO3S3. The molecule has 0 atom stereocenters. The molecular weight excluding hydrogens is 299 g/mol. The molecule has 0 aliphatic rings. The van der Waals surface area contributed by atoms with Crippen LogP contribution in [-0.2, 0) is 14.3 Å². The standard InChI is InChI=1S/C11H10O3S3.Na.H/c1-14-17(12,13)8-6-11(16-7-8)9-4-2-3-5-10(9)15;;/h2-7,15H,1H3;;. The van der Waals surface area contributed by atoms with Crippen molar-refractivity contribution >= 4 is 63.6 Å². The number of benzene rings is 1. The summed E-state index contributed by atoms with van der Waals surface area (Å²) in [5.74, 6) is 0. The van der Waals surface area contributed by atoms with E-state index in [1.165, 1.54) is 11.3 Å². The number of thiol groups is 1. The van der Waals surface area contributed by atoms with Crippen molar-refractivity contribution in [3.8, 4) is 10.4 Å². The zero-order valence-corrected chi connectivity index (χ0v) is 11.5. The fourth-order valence-electron chi connectivity index (χ4n) is 1.37. The van der Waals surface area contributed by atoms with Crippen LogP contribution in [0, 0.1) is 0 Å². The van der Waals surface area contributed by atoms with Crippen molar-refractivity contribution in [1.29, 1.82) is 0 Å². The van der Waals surface area contributed by atoms with E-state index in [1.54, 1.807) is 11.4 Å². The average Bonchev–Trinajstić information content (AvgIpc) is 2.79. The third-order valence-electron chi connectivity index (χ3n) is 2.25. The van der Waals surface area contributed by atoms with Crippen LogP contribution in [-0.4, -0.2) is 45.1 Å². The van der Waals surface area contributed by atoms with Crippen molar-refractivity contribution in [3.63, 3.8) is 0 Å². The first-order valence-corrected chi connectivity index (χ1v) is 7.45. The van der Waals surface area contributed by atoms with Gasteiger partial charge in [0.2, 0.25) is 0 Å². The van der Waals surface area contributed by atoms with Gasteiger partial charge in [-0.3, -0.25) is 4.18 Å². The topological polar surface area (TPSA) is 43.4 Å². The second-order valence-electron chi connectivity index (χ2n) is 3.28. The van der Waals surface area contributed by atoms with Crippen molar-refractivity contribution in [1.82, 2.24) is 0 Å². The van der Waals surface area contributed by atoms with Gasteiger partial charge in [0.25, 0.3) is 10.1 Å². The summed E-state index contributed by atoms with van der Waals surface area (Å²) in [5, 5.41) is 1.56. The Morgan fingerprint density at radius 3 is 2.56 bits per heavy atom. The van der Waals surface area contributed by atoms with Gasteiger partial charge in [0.15, 0.2) is 0 Å². The predicted molar refractivity (Wildman–Crippen MR) is 78.4 cm³/mol. The summed E-state index contributed by atoms with van der Waals surface area (Å²) in [5.41, 5.74) is 0.915. The number of hydrogen-bond donors (Lipinski definition) is 1. The predicted octanol–water partition coefficient (Wildman–Crippen LogP) is 2.39. The van der Waals surface area contributed by atoms with Crippen LogP contribution in [0.15, 0.2) is 45.5 Å². The van der Waals surface area contributed by atoms with E-state index in [0.29, 0.717) is 0 Å². The van der Waals surface area contributed by atoms with Gasteiger partial charge in [-0.2, -0.15) is 8.42 Å². The molecule has 18 heavy (non-hydrogen) atoms. The third-order valence-corrected chi connectivity index (χ3v) is 5.01. The van der Waals surface area contributed by atoms with Gasteiger partial charge in [-0.05, 0) is 12.1 Å². The maximum atomic E-state index is 11.5. The minimum atomic E-state index is -3.61. The monoisotopic (exact) mass is 310 g/mol. The summed E-state index contributed by atoms with van der Waals surface area (Å²) in [6.07, 6.45) is 0. The van der Waals surface area contributed by atoms with Gasteiger partial charge in [-0.1, -0.05) is 18.2 Å². The first-order chi connectivity index (χ1) is 8.04. The fourth-order valence-corrected chi connectivity index (χ4v) is 3.68. The van der Waals surface area contributed by atoms with Crippen LogP contribution in [0.4, 0.5) is 0 Å². The van der Waals surface area contributed by atoms with Gasteiger partial charge in [-0.25, -0.2) is 0 Å². The quantitative estimate of drug-likeness (QED) is 0.538. The average molecular weight is 310 g/mol. The maximum absolute atomic E-state index is 11.5. The van der Waals surface area contributed by atoms with Gasteiger partial charge >= 0.3 is 29.6 Å². The summed E-state index contributed by atoms with van der Waals surface area (Å²) in [6, 6.07) is 9.13. The first kappa shape index (κ1) is 16.2. The zero-order chi connectivity index (χ0) is 12.5.